The Kier molecular flexibility index (Phi) is 5.74. The molecule has 0 fully saturated rings. The summed E-state index contributed by atoms with van der Waals surface area (Å²) in [6.45, 7) is 1.34. The molecule has 2 N–H and O–H groups in total. The van der Waals surface area contributed by atoms with Crippen molar-refractivity contribution in [1.82, 2.24) is 0 Å². The third-order valence-electron chi connectivity index (χ3n) is 1.86. The molecule has 1 atom stereocenters. The van der Waals surface area contributed by atoms with E-state index in [2.05, 4.69) is 0 Å². The van der Waals surface area contributed by atoms with Crippen molar-refractivity contribution in [3.8, 4) is 0 Å². The molecule has 0 saturated heterocycles. The van der Waals surface area contributed by atoms with Crippen molar-refractivity contribution in [3.05, 3.63) is 35.9 Å². The second-order valence-electron chi connectivity index (χ2n) is 3.37. The van der Waals surface area contributed by atoms with Crippen LogP contribution in [0.4, 0.5) is 0 Å². The van der Waals surface area contributed by atoms with Gasteiger partial charge in [0.15, 0.2) is 0 Å². The van der Waals surface area contributed by atoms with Gasteiger partial charge >= 0.3 is 37.7 Å². The minimum absolute atomic E-state index is 0. The van der Waals surface area contributed by atoms with Crippen LogP contribution in [0.2, 0.25) is 0 Å². The molecule has 0 bridgehead atoms. The van der Waals surface area contributed by atoms with Gasteiger partial charge in [-0.15, -0.1) is 0 Å². The SMILES string of the molecule is CC(O)(CS(=O)(=O)O)c1ccccc1.[CaH2]. The quantitative estimate of drug-likeness (QED) is 0.585. The summed E-state index contributed by atoms with van der Waals surface area (Å²) < 4.78 is 29.9. The number of benzene rings is 1. The summed E-state index contributed by atoms with van der Waals surface area (Å²) >= 11 is 0. The third kappa shape index (κ3) is 5.28. The fourth-order valence-corrected chi connectivity index (χ4v) is 2.11. The summed E-state index contributed by atoms with van der Waals surface area (Å²) in [7, 11) is -4.18. The molecule has 0 saturated carbocycles. The normalized spacial score (nSPS) is 15.1. The monoisotopic (exact) mass is 258 g/mol. The van der Waals surface area contributed by atoms with Gasteiger partial charge in [0.25, 0.3) is 10.1 Å². The Morgan fingerprint density at radius 2 is 1.73 bits per heavy atom. The zero-order valence-electron chi connectivity index (χ0n) is 7.71. The van der Waals surface area contributed by atoms with Crippen LogP contribution in [0.25, 0.3) is 0 Å². The molecule has 0 heterocycles. The Hall–Kier alpha value is 0.350. The van der Waals surface area contributed by atoms with Crippen LogP contribution in [0.1, 0.15) is 12.5 Å². The molecule has 0 aromatic heterocycles. The minimum atomic E-state index is -4.18. The molecule has 0 amide bonds. The molecule has 0 aliphatic rings. The molecule has 6 heteroatoms. The Morgan fingerprint density at radius 1 is 1.27 bits per heavy atom. The number of hydrogen-bond donors (Lipinski definition) is 2. The zero-order chi connectivity index (χ0) is 10.8. The van der Waals surface area contributed by atoms with E-state index < -0.39 is 21.5 Å². The van der Waals surface area contributed by atoms with E-state index in [1.165, 1.54) is 6.92 Å². The zero-order valence-corrected chi connectivity index (χ0v) is 8.53. The summed E-state index contributed by atoms with van der Waals surface area (Å²) in [5.74, 6) is -0.704. The molecule has 0 aliphatic carbocycles. The Labute approximate surface area is 119 Å². The van der Waals surface area contributed by atoms with Crippen molar-refractivity contribution in [2.24, 2.45) is 0 Å². The molecule has 0 spiro atoms. The molecule has 82 valence electrons. The van der Waals surface area contributed by atoms with Gasteiger partial charge in [-0.2, -0.15) is 8.42 Å². The van der Waals surface area contributed by atoms with Crippen molar-refractivity contribution in [2.75, 3.05) is 5.75 Å². The van der Waals surface area contributed by atoms with Gasteiger partial charge in [-0.25, -0.2) is 0 Å². The first-order valence-corrected chi connectivity index (χ1v) is 5.65. The van der Waals surface area contributed by atoms with Crippen molar-refractivity contribution < 1.29 is 18.1 Å². The topological polar surface area (TPSA) is 74.6 Å². The molecule has 4 nitrogen and oxygen atoms in total. The molecule has 1 aromatic rings. The summed E-state index contributed by atoms with van der Waals surface area (Å²) in [6.07, 6.45) is 0. The van der Waals surface area contributed by atoms with Crippen LogP contribution in [0, 0.1) is 0 Å². The molecular weight excluding hydrogens is 244 g/mol. The van der Waals surface area contributed by atoms with E-state index in [1.54, 1.807) is 30.3 Å². The molecule has 1 unspecified atom stereocenters. The molecule has 0 radical (unpaired) electrons. The third-order valence-corrected chi connectivity index (χ3v) is 2.79. The first-order chi connectivity index (χ1) is 6.31. The van der Waals surface area contributed by atoms with Crippen LogP contribution in [0.3, 0.4) is 0 Å². The van der Waals surface area contributed by atoms with E-state index in [0.29, 0.717) is 5.56 Å². The van der Waals surface area contributed by atoms with E-state index in [9.17, 15) is 13.5 Å². The number of hydrogen-bond acceptors (Lipinski definition) is 3. The summed E-state index contributed by atoms with van der Waals surface area (Å²) in [5, 5.41) is 9.78. The fourth-order valence-electron chi connectivity index (χ4n) is 1.24. The van der Waals surface area contributed by atoms with Crippen LogP contribution < -0.4 is 0 Å². The number of rotatable bonds is 3. The van der Waals surface area contributed by atoms with Crippen LogP contribution in [0.15, 0.2) is 30.3 Å². The first kappa shape index (κ1) is 15.3. The standard InChI is InChI=1S/C9H12O4S.Ca.2H/c1-9(10,7-14(11,12)13)8-5-3-2-4-6-8;;;/h2-6,10H,7H2,1H3,(H,11,12,13);;;. The van der Waals surface area contributed by atoms with Crippen molar-refractivity contribution in [1.29, 1.82) is 0 Å². The van der Waals surface area contributed by atoms with Gasteiger partial charge in [0.2, 0.25) is 0 Å². The molecule has 0 aliphatic heterocycles. The second kappa shape index (κ2) is 5.61. The van der Waals surface area contributed by atoms with Crippen LogP contribution >= 0.6 is 0 Å². The fraction of sp³-hybridized carbons (Fsp3) is 0.333. The summed E-state index contributed by atoms with van der Waals surface area (Å²) in [4.78, 5) is 0. The van der Waals surface area contributed by atoms with Crippen LogP contribution in [-0.4, -0.2) is 61.6 Å². The Balaban J connectivity index is 0.00000196. The van der Waals surface area contributed by atoms with Crippen molar-refractivity contribution >= 4 is 47.9 Å². The van der Waals surface area contributed by atoms with Crippen molar-refractivity contribution in [2.45, 2.75) is 12.5 Å². The summed E-state index contributed by atoms with van der Waals surface area (Å²) in [5.41, 5.74) is -1.10. The van der Waals surface area contributed by atoms with Gasteiger partial charge in [0.05, 0.1) is 0 Å². The van der Waals surface area contributed by atoms with Gasteiger partial charge in [-0.1, -0.05) is 30.3 Å². The maximum atomic E-state index is 10.6. The maximum absolute atomic E-state index is 10.6. The predicted molar refractivity (Wildman–Crippen MR) is 61.0 cm³/mol. The van der Waals surface area contributed by atoms with Gasteiger partial charge in [0, 0.05) is 0 Å². The van der Waals surface area contributed by atoms with Crippen LogP contribution in [0.5, 0.6) is 0 Å². The van der Waals surface area contributed by atoms with Crippen molar-refractivity contribution in [3.63, 3.8) is 0 Å². The average molecular weight is 258 g/mol. The van der Waals surface area contributed by atoms with E-state index in [0.717, 1.165) is 0 Å². The van der Waals surface area contributed by atoms with E-state index >= 15 is 0 Å². The molecule has 15 heavy (non-hydrogen) atoms. The van der Waals surface area contributed by atoms with Gasteiger partial charge < -0.3 is 5.11 Å². The molecular formula is C9H14CaO4S. The Bertz CT molecular complexity index is 399. The summed E-state index contributed by atoms with van der Waals surface area (Å²) in [6, 6.07) is 8.34. The average Bonchev–Trinajstić information content (AvgIpc) is 2.01. The van der Waals surface area contributed by atoms with E-state index in [4.69, 9.17) is 4.55 Å². The predicted octanol–water partition coefficient (Wildman–Crippen LogP) is -0.134. The number of aliphatic hydroxyl groups is 1. The van der Waals surface area contributed by atoms with Gasteiger partial charge in [0.1, 0.15) is 11.4 Å². The second-order valence-corrected chi connectivity index (χ2v) is 4.82. The van der Waals surface area contributed by atoms with E-state index in [1.807, 2.05) is 0 Å². The molecule has 1 aromatic carbocycles. The van der Waals surface area contributed by atoms with Gasteiger partial charge in [-0.05, 0) is 12.5 Å². The first-order valence-electron chi connectivity index (χ1n) is 4.04. The van der Waals surface area contributed by atoms with E-state index in [-0.39, 0.29) is 37.7 Å². The van der Waals surface area contributed by atoms with Crippen LogP contribution in [-0.2, 0) is 15.7 Å². The van der Waals surface area contributed by atoms with Gasteiger partial charge in [-0.3, -0.25) is 4.55 Å². The molecule has 1 rings (SSSR count). The Morgan fingerprint density at radius 3 is 2.13 bits per heavy atom.